The van der Waals surface area contributed by atoms with Crippen LogP contribution in [0.4, 0.5) is 22.7 Å². The number of aromatic nitrogens is 4. The molecule has 0 saturated heterocycles. The zero-order chi connectivity index (χ0) is 38.1. The number of rotatable bonds is 4. The molecular formula is C48H40N6S. The Morgan fingerprint density at radius 1 is 0.545 bits per heavy atom. The van der Waals surface area contributed by atoms with E-state index in [9.17, 15) is 0 Å². The molecule has 0 bridgehead atoms. The molecule has 8 aromatic rings. The quantitative estimate of drug-likeness (QED) is 0.169. The van der Waals surface area contributed by atoms with E-state index in [0.717, 1.165) is 50.0 Å². The fraction of sp³-hybridized carbons (Fsp3) is 0.167. The predicted molar refractivity (Wildman–Crippen MR) is 228 cm³/mol. The highest BCUT2D eigenvalue weighted by Crippen LogP contribution is 2.54. The van der Waals surface area contributed by atoms with Crippen molar-refractivity contribution in [1.82, 2.24) is 19.5 Å². The lowest BCUT2D eigenvalue weighted by atomic mass is 9.86. The van der Waals surface area contributed by atoms with E-state index < -0.39 is 0 Å². The average molecular weight is 733 g/mol. The zero-order valence-corrected chi connectivity index (χ0v) is 32.6. The Balaban J connectivity index is 1.33. The van der Waals surface area contributed by atoms with Crippen LogP contribution < -0.4 is 4.90 Å². The molecule has 0 amide bonds. The minimum Gasteiger partial charge on any atom is -0.308 e. The third-order valence-electron chi connectivity index (χ3n) is 10.4. The molecule has 0 atom stereocenters. The Hall–Kier alpha value is -6.23. The normalized spacial score (nSPS) is 12.8. The second-order valence-corrected chi connectivity index (χ2v) is 17.2. The lowest BCUT2D eigenvalue weighted by Gasteiger charge is -2.36. The van der Waals surface area contributed by atoms with Crippen LogP contribution in [-0.4, -0.2) is 19.5 Å². The van der Waals surface area contributed by atoms with Gasteiger partial charge in [0.2, 0.25) is 5.95 Å². The summed E-state index contributed by atoms with van der Waals surface area (Å²) in [5, 5.41) is 2.25. The van der Waals surface area contributed by atoms with Crippen molar-refractivity contribution in [2.24, 2.45) is 0 Å². The first-order valence-corrected chi connectivity index (χ1v) is 19.4. The molecule has 55 heavy (non-hydrogen) atoms. The minimum atomic E-state index is -0.0156. The molecule has 7 heteroatoms. The van der Waals surface area contributed by atoms with E-state index in [1.54, 1.807) is 0 Å². The molecular weight excluding hydrogens is 693 g/mol. The molecule has 0 saturated carbocycles. The van der Waals surface area contributed by atoms with Gasteiger partial charge in [-0.2, -0.15) is 9.97 Å². The number of nitrogens with zero attached hydrogens (tertiary/aromatic N) is 6. The number of para-hydroxylation sites is 2. The topological polar surface area (TPSA) is 51.2 Å². The maximum absolute atomic E-state index is 8.08. The second kappa shape index (κ2) is 13.0. The Kier molecular flexibility index (Phi) is 8.14. The summed E-state index contributed by atoms with van der Waals surface area (Å²) in [7, 11) is 0. The number of anilines is 3. The summed E-state index contributed by atoms with van der Waals surface area (Å²) in [6.07, 6.45) is 0. The summed E-state index contributed by atoms with van der Waals surface area (Å²) in [4.78, 5) is 24.3. The summed E-state index contributed by atoms with van der Waals surface area (Å²) in [6.45, 7) is 21.6. The molecule has 0 unspecified atom stereocenters. The molecule has 0 aliphatic carbocycles. The standard InChI is InChI=1S/C48H40N6S/c1-47(2,3)31-21-24-40-42(27-31)55-43-28-32(48(4,5)6)22-25-41(43)53(40)39-26-23-33(49-7)29-36(39)45-50-44(30-15-9-8-10-16-30)51-46(52-45)54-37-19-13-11-17-34(37)35-18-12-14-20-38(35)54/h8-29H,1-6H3. The summed E-state index contributed by atoms with van der Waals surface area (Å²) < 4.78 is 2.13. The Morgan fingerprint density at radius 2 is 1.07 bits per heavy atom. The lowest BCUT2D eigenvalue weighted by Crippen LogP contribution is -2.19. The van der Waals surface area contributed by atoms with E-state index in [2.05, 4.69) is 141 Å². The minimum absolute atomic E-state index is 0.0156. The van der Waals surface area contributed by atoms with Gasteiger partial charge in [0.05, 0.1) is 34.7 Å². The van der Waals surface area contributed by atoms with Crippen LogP contribution in [0.25, 0.3) is 55.4 Å². The van der Waals surface area contributed by atoms with Gasteiger partial charge < -0.3 is 4.90 Å². The molecule has 1 aliphatic heterocycles. The smallest absolute Gasteiger partial charge is 0.238 e. The van der Waals surface area contributed by atoms with Crippen LogP contribution in [0.5, 0.6) is 0 Å². The van der Waals surface area contributed by atoms with Crippen LogP contribution in [0.2, 0.25) is 0 Å². The first-order valence-electron chi connectivity index (χ1n) is 18.6. The molecule has 0 fully saturated rings. The fourth-order valence-corrected chi connectivity index (χ4v) is 8.55. The molecule has 0 spiro atoms. The number of fused-ring (bicyclic) bond motifs is 5. The van der Waals surface area contributed by atoms with Gasteiger partial charge in [-0.3, -0.25) is 4.57 Å². The van der Waals surface area contributed by atoms with Crippen LogP contribution in [0.1, 0.15) is 52.7 Å². The Morgan fingerprint density at radius 3 is 1.64 bits per heavy atom. The van der Waals surface area contributed by atoms with Gasteiger partial charge in [0, 0.05) is 31.7 Å². The van der Waals surface area contributed by atoms with Crippen molar-refractivity contribution in [2.45, 2.75) is 62.2 Å². The van der Waals surface area contributed by atoms with Gasteiger partial charge in [-0.05, 0) is 70.5 Å². The van der Waals surface area contributed by atoms with Crippen molar-refractivity contribution < 1.29 is 0 Å². The fourth-order valence-electron chi connectivity index (χ4n) is 7.41. The van der Waals surface area contributed by atoms with Crippen molar-refractivity contribution >= 4 is 56.3 Å². The predicted octanol–water partition coefficient (Wildman–Crippen LogP) is 13.4. The Bertz CT molecular complexity index is 2720. The van der Waals surface area contributed by atoms with Gasteiger partial charge in [0.15, 0.2) is 17.3 Å². The van der Waals surface area contributed by atoms with Gasteiger partial charge in [0.1, 0.15) is 0 Å². The summed E-state index contributed by atoms with van der Waals surface area (Å²) >= 11 is 1.82. The van der Waals surface area contributed by atoms with Crippen molar-refractivity contribution in [3.05, 3.63) is 156 Å². The first-order chi connectivity index (χ1) is 26.5. The summed E-state index contributed by atoms with van der Waals surface area (Å²) in [6, 6.07) is 46.3. The van der Waals surface area contributed by atoms with Crippen LogP contribution in [0.15, 0.2) is 143 Å². The van der Waals surface area contributed by atoms with E-state index in [-0.39, 0.29) is 10.8 Å². The van der Waals surface area contributed by atoms with Gasteiger partial charge in [-0.1, -0.05) is 138 Å². The zero-order valence-electron chi connectivity index (χ0n) is 31.8. The van der Waals surface area contributed by atoms with Crippen LogP contribution in [0, 0.1) is 6.57 Å². The average Bonchev–Trinajstić information content (AvgIpc) is 3.53. The first kappa shape index (κ1) is 34.5. The maximum Gasteiger partial charge on any atom is 0.238 e. The van der Waals surface area contributed by atoms with Crippen LogP contribution in [0.3, 0.4) is 0 Å². The molecule has 0 radical (unpaired) electrons. The molecule has 9 rings (SSSR count). The van der Waals surface area contributed by atoms with E-state index in [1.807, 2.05) is 60.3 Å². The van der Waals surface area contributed by atoms with E-state index >= 15 is 0 Å². The monoisotopic (exact) mass is 732 g/mol. The van der Waals surface area contributed by atoms with E-state index in [4.69, 9.17) is 21.5 Å². The highest BCUT2D eigenvalue weighted by Gasteiger charge is 2.31. The van der Waals surface area contributed by atoms with Crippen molar-refractivity contribution in [2.75, 3.05) is 4.90 Å². The number of hydrogen-bond acceptors (Lipinski definition) is 5. The molecule has 1 aliphatic rings. The third-order valence-corrected chi connectivity index (χ3v) is 11.5. The molecule has 6 aromatic carbocycles. The van der Waals surface area contributed by atoms with E-state index in [0.29, 0.717) is 23.3 Å². The molecule has 6 nitrogen and oxygen atoms in total. The molecule has 0 N–H and O–H groups in total. The summed E-state index contributed by atoms with van der Waals surface area (Å²) in [5.41, 5.74) is 9.72. The SMILES string of the molecule is [C-]#[N+]c1ccc(N2c3ccc(C(C)(C)C)cc3Sc3cc(C(C)(C)C)ccc32)c(-c2nc(-c3ccccc3)nc(-n3c4ccccc4c4ccccc43)n2)c1. The van der Waals surface area contributed by atoms with Gasteiger partial charge in [0.25, 0.3) is 0 Å². The number of hydrogen-bond donors (Lipinski definition) is 0. The largest absolute Gasteiger partial charge is 0.308 e. The van der Waals surface area contributed by atoms with Gasteiger partial charge in [-0.15, -0.1) is 0 Å². The Labute approximate surface area is 326 Å². The second-order valence-electron chi connectivity index (χ2n) is 16.1. The van der Waals surface area contributed by atoms with E-state index in [1.165, 1.54) is 20.9 Å². The van der Waals surface area contributed by atoms with Gasteiger partial charge >= 0.3 is 0 Å². The lowest BCUT2D eigenvalue weighted by molar-refractivity contribution is 0.588. The van der Waals surface area contributed by atoms with Crippen molar-refractivity contribution in [1.29, 1.82) is 0 Å². The third kappa shape index (κ3) is 6.04. The van der Waals surface area contributed by atoms with Crippen molar-refractivity contribution in [3.63, 3.8) is 0 Å². The van der Waals surface area contributed by atoms with Crippen LogP contribution >= 0.6 is 11.8 Å². The number of benzene rings is 6. The molecule has 268 valence electrons. The van der Waals surface area contributed by atoms with Crippen LogP contribution in [-0.2, 0) is 10.8 Å². The maximum atomic E-state index is 8.08. The summed E-state index contributed by atoms with van der Waals surface area (Å²) in [5.74, 6) is 1.56. The highest BCUT2D eigenvalue weighted by atomic mass is 32.2. The highest BCUT2D eigenvalue weighted by molar-refractivity contribution is 7.99. The molecule has 3 heterocycles. The van der Waals surface area contributed by atoms with Gasteiger partial charge in [-0.25, -0.2) is 9.83 Å². The van der Waals surface area contributed by atoms with Crippen molar-refractivity contribution in [3.8, 4) is 28.7 Å². The molecule has 2 aromatic heterocycles.